The summed E-state index contributed by atoms with van der Waals surface area (Å²) in [6.07, 6.45) is 7.70. The molecule has 0 aliphatic heterocycles. The SMILES string of the molecule is CCN(C(=O)c1cc(Br)cnc1NC)C1CCCCC1. The molecule has 1 aliphatic carbocycles. The third-order valence-corrected chi connectivity index (χ3v) is 4.37. The Morgan fingerprint density at radius 2 is 2.15 bits per heavy atom. The minimum Gasteiger partial charge on any atom is -0.372 e. The average Bonchev–Trinajstić information content (AvgIpc) is 2.49. The molecule has 4 nitrogen and oxygen atoms in total. The summed E-state index contributed by atoms with van der Waals surface area (Å²) in [5.74, 6) is 0.727. The van der Waals surface area contributed by atoms with Crippen LogP contribution in [-0.4, -0.2) is 35.4 Å². The van der Waals surface area contributed by atoms with E-state index in [2.05, 4.69) is 33.2 Å². The molecule has 1 aromatic rings. The quantitative estimate of drug-likeness (QED) is 0.909. The maximum absolute atomic E-state index is 12.8. The molecule has 0 unspecified atom stereocenters. The summed E-state index contributed by atoms with van der Waals surface area (Å²) in [5.41, 5.74) is 0.647. The van der Waals surface area contributed by atoms with Gasteiger partial charge in [-0.1, -0.05) is 19.3 Å². The normalized spacial score (nSPS) is 15.9. The molecular weight excluding hydrogens is 318 g/mol. The number of hydrogen-bond donors (Lipinski definition) is 1. The van der Waals surface area contributed by atoms with Crippen LogP contribution >= 0.6 is 15.9 Å². The minimum absolute atomic E-state index is 0.0811. The van der Waals surface area contributed by atoms with Gasteiger partial charge in [0.15, 0.2) is 0 Å². The van der Waals surface area contributed by atoms with Crippen LogP contribution in [0.1, 0.15) is 49.4 Å². The van der Waals surface area contributed by atoms with Crippen molar-refractivity contribution in [2.24, 2.45) is 0 Å². The van der Waals surface area contributed by atoms with Gasteiger partial charge in [-0.05, 0) is 41.8 Å². The van der Waals surface area contributed by atoms with Crippen LogP contribution in [0.3, 0.4) is 0 Å². The predicted molar refractivity (Wildman–Crippen MR) is 85.1 cm³/mol. The van der Waals surface area contributed by atoms with Gasteiger partial charge in [0, 0.05) is 30.3 Å². The van der Waals surface area contributed by atoms with E-state index in [0.717, 1.165) is 23.9 Å². The number of anilines is 1. The van der Waals surface area contributed by atoms with Crippen LogP contribution in [0.4, 0.5) is 5.82 Å². The first kappa shape index (κ1) is 15.3. The fraction of sp³-hybridized carbons (Fsp3) is 0.600. The van der Waals surface area contributed by atoms with Crippen LogP contribution in [0.25, 0.3) is 0 Å². The molecule has 0 bridgehead atoms. The van der Waals surface area contributed by atoms with Gasteiger partial charge in [-0.3, -0.25) is 4.79 Å². The second-order valence-corrected chi connectivity index (χ2v) is 6.10. The van der Waals surface area contributed by atoms with Crippen molar-refractivity contribution in [2.45, 2.75) is 45.1 Å². The summed E-state index contributed by atoms with van der Waals surface area (Å²) in [4.78, 5) is 19.1. The molecule has 110 valence electrons. The maximum atomic E-state index is 12.8. The van der Waals surface area contributed by atoms with E-state index in [9.17, 15) is 4.79 Å². The molecular formula is C15H22BrN3O. The molecule has 20 heavy (non-hydrogen) atoms. The Kier molecular flexibility index (Phi) is 5.40. The van der Waals surface area contributed by atoms with E-state index >= 15 is 0 Å². The van der Waals surface area contributed by atoms with Gasteiger partial charge in [-0.25, -0.2) is 4.98 Å². The van der Waals surface area contributed by atoms with E-state index < -0.39 is 0 Å². The second-order valence-electron chi connectivity index (χ2n) is 5.18. The first-order chi connectivity index (χ1) is 9.67. The lowest BCUT2D eigenvalue weighted by molar-refractivity contribution is 0.0648. The molecule has 1 saturated carbocycles. The van der Waals surface area contributed by atoms with Gasteiger partial charge in [-0.2, -0.15) is 0 Å². The molecule has 1 amide bonds. The van der Waals surface area contributed by atoms with E-state index in [1.54, 1.807) is 13.2 Å². The molecule has 2 rings (SSSR count). The molecule has 0 saturated heterocycles. The van der Waals surface area contributed by atoms with Crippen molar-refractivity contribution in [1.82, 2.24) is 9.88 Å². The number of carbonyl (C=O) groups excluding carboxylic acids is 1. The average molecular weight is 340 g/mol. The van der Waals surface area contributed by atoms with Gasteiger partial charge in [0.2, 0.25) is 0 Å². The van der Waals surface area contributed by atoms with E-state index in [1.807, 2.05) is 11.0 Å². The van der Waals surface area contributed by atoms with Crippen LogP contribution in [-0.2, 0) is 0 Å². The highest BCUT2D eigenvalue weighted by Crippen LogP contribution is 2.26. The number of amides is 1. The van der Waals surface area contributed by atoms with E-state index in [-0.39, 0.29) is 5.91 Å². The molecule has 0 spiro atoms. The maximum Gasteiger partial charge on any atom is 0.257 e. The van der Waals surface area contributed by atoms with E-state index in [1.165, 1.54) is 19.3 Å². The zero-order valence-electron chi connectivity index (χ0n) is 12.2. The Morgan fingerprint density at radius 3 is 2.75 bits per heavy atom. The standard InChI is InChI=1S/C15H22BrN3O/c1-3-19(12-7-5-4-6-8-12)15(20)13-9-11(16)10-18-14(13)17-2/h9-10,12H,3-8H2,1-2H3,(H,17,18). The van der Waals surface area contributed by atoms with E-state index in [4.69, 9.17) is 0 Å². The summed E-state index contributed by atoms with van der Waals surface area (Å²) in [7, 11) is 1.80. The third-order valence-electron chi connectivity index (χ3n) is 3.94. The molecule has 1 N–H and O–H groups in total. The first-order valence-electron chi connectivity index (χ1n) is 7.31. The lowest BCUT2D eigenvalue weighted by atomic mass is 9.93. The molecule has 1 fully saturated rings. The van der Waals surface area contributed by atoms with Crippen molar-refractivity contribution < 1.29 is 4.79 Å². The van der Waals surface area contributed by atoms with Gasteiger partial charge >= 0.3 is 0 Å². The molecule has 1 aromatic heterocycles. The van der Waals surface area contributed by atoms with E-state index in [0.29, 0.717) is 17.4 Å². The van der Waals surface area contributed by atoms with Crippen molar-refractivity contribution in [3.8, 4) is 0 Å². The first-order valence-corrected chi connectivity index (χ1v) is 8.11. The monoisotopic (exact) mass is 339 g/mol. The number of halogens is 1. The second kappa shape index (κ2) is 7.07. The highest BCUT2D eigenvalue weighted by molar-refractivity contribution is 9.10. The number of pyridine rings is 1. The lowest BCUT2D eigenvalue weighted by Crippen LogP contribution is -2.41. The van der Waals surface area contributed by atoms with Crippen LogP contribution in [0.5, 0.6) is 0 Å². The predicted octanol–water partition coefficient (Wildman–Crippen LogP) is 3.68. The minimum atomic E-state index is 0.0811. The number of rotatable bonds is 4. The molecule has 1 aliphatic rings. The summed E-state index contributed by atoms with van der Waals surface area (Å²) in [6, 6.07) is 2.23. The zero-order valence-corrected chi connectivity index (χ0v) is 13.7. The molecule has 0 aromatic carbocycles. The molecule has 1 heterocycles. The fourth-order valence-corrected chi connectivity index (χ4v) is 3.25. The smallest absolute Gasteiger partial charge is 0.257 e. The Balaban J connectivity index is 2.25. The number of hydrogen-bond acceptors (Lipinski definition) is 3. The van der Waals surface area contributed by atoms with Gasteiger partial charge in [-0.15, -0.1) is 0 Å². The van der Waals surface area contributed by atoms with Gasteiger partial charge in [0.25, 0.3) is 5.91 Å². The van der Waals surface area contributed by atoms with Crippen molar-refractivity contribution in [3.05, 3.63) is 22.3 Å². The van der Waals surface area contributed by atoms with Crippen LogP contribution in [0, 0.1) is 0 Å². The summed E-state index contributed by atoms with van der Waals surface area (Å²) < 4.78 is 0.833. The number of nitrogens with zero attached hydrogens (tertiary/aromatic N) is 2. The van der Waals surface area contributed by atoms with Gasteiger partial charge in [0.1, 0.15) is 5.82 Å². The number of aromatic nitrogens is 1. The van der Waals surface area contributed by atoms with Crippen molar-refractivity contribution in [3.63, 3.8) is 0 Å². The van der Waals surface area contributed by atoms with Gasteiger partial charge < -0.3 is 10.2 Å². The highest BCUT2D eigenvalue weighted by Gasteiger charge is 2.26. The Bertz CT molecular complexity index is 472. The van der Waals surface area contributed by atoms with Crippen molar-refractivity contribution >= 4 is 27.7 Å². The molecule has 0 atom stereocenters. The highest BCUT2D eigenvalue weighted by atomic mass is 79.9. The topological polar surface area (TPSA) is 45.2 Å². The molecule has 5 heteroatoms. The van der Waals surface area contributed by atoms with Crippen LogP contribution in [0.15, 0.2) is 16.7 Å². The summed E-state index contributed by atoms with van der Waals surface area (Å²) in [6.45, 7) is 2.80. The zero-order chi connectivity index (χ0) is 14.5. The molecule has 0 radical (unpaired) electrons. The van der Waals surface area contributed by atoms with Gasteiger partial charge in [0.05, 0.1) is 5.56 Å². The summed E-state index contributed by atoms with van der Waals surface area (Å²) >= 11 is 3.40. The number of carbonyl (C=O) groups is 1. The number of nitrogens with one attached hydrogen (secondary N) is 1. The summed E-state index contributed by atoms with van der Waals surface area (Å²) in [5, 5.41) is 3.01. The fourth-order valence-electron chi connectivity index (χ4n) is 2.92. The van der Waals surface area contributed by atoms with Crippen molar-refractivity contribution in [2.75, 3.05) is 18.9 Å². The Hall–Kier alpha value is -1.10. The lowest BCUT2D eigenvalue weighted by Gasteiger charge is -2.34. The Morgan fingerprint density at radius 1 is 1.45 bits per heavy atom. The Labute approximate surface area is 129 Å². The van der Waals surface area contributed by atoms with Crippen LogP contribution < -0.4 is 5.32 Å². The largest absolute Gasteiger partial charge is 0.372 e. The van der Waals surface area contributed by atoms with Crippen molar-refractivity contribution in [1.29, 1.82) is 0 Å². The third kappa shape index (κ3) is 3.32. The van der Waals surface area contributed by atoms with Crippen LogP contribution in [0.2, 0.25) is 0 Å².